The van der Waals surface area contributed by atoms with Gasteiger partial charge in [-0.2, -0.15) is 0 Å². The van der Waals surface area contributed by atoms with Gasteiger partial charge in [0, 0.05) is 43.2 Å². The summed E-state index contributed by atoms with van der Waals surface area (Å²) in [7, 11) is 1.36. The van der Waals surface area contributed by atoms with E-state index in [1.54, 1.807) is 26.0 Å². The number of nitrogens with zero attached hydrogens (tertiary/aromatic N) is 3. The second kappa shape index (κ2) is 19.2. The number of phenolic OH excluding ortho intramolecular Hbond substituents is 1. The van der Waals surface area contributed by atoms with Gasteiger partial charge in [-0.25, -0.2) is 14.8 Å². The van der Waals surface area contributed by atoms with Gasteiger partial charge in [0.2, 0.25) is 17.7 Å². The van der Waals surface area contributed by atoms with Crippen LogP contribution in [-0.4, -0.2) is 107 Å². The average molecular weight is 839 g/mol. The molecular weight excluding hydrogens is 785 g/mol. The third-order valence-corrected chi connectivity index (χ3v) is 10.2. The zero-order valence-electron chi connectivity index (χ0n) is 35.4. The first-order valence-corrected chi connectivity index (χ1v) is 19.8. The number of aliphatic carboxylic acids is 1. The molecule has 0 saturated heterocycles. The van der Waals surface area contributed by atoms with Gasteiger partial charge < -0.3 is 52.0 Å². The van der Waals surface area contributed by atoms with Gasteiger partial charge in [-0.15, -0.1) is 0 Å². The summed E-state index contributed by atoms with van der Waals surface area (Å²) >= 11 is 0. The fraction of sp³-hybridized carbons (Fsp3) is 0.386. The van der Waals surface area contributed by atoms with Crippen LogP contribution in [-0.2, 0) is 31.0 Å². The van der Waals surface area contributed by atoms with Crippen molar-refractivity contribution in [1.29, 1.82) is 0 Å². The number of rotatable bonds is 12. The number of carboxylic acids is 1. The van der Waals surface area contributed by atoms with Gasteiger partial charge in [0.15, 0.2) is 17.3 Å². The molecule has 0 unspecified atom stereocenters. The highest BCUT2D eigenvalue weighted by Gasteiger charge is 2.34. The minimum absolute atomic E-state index is 0.0124. The van der Waals surface area contributed by atoms with E-state index in [0.29, 0.717) is 22.8 Å². The molecule has 1 aromatic heterocycles. The lowest BCUT2D eigenvalue weighted by molar-refractivity contribution is -0.142. The minimum atomic E-state index is -1.45. The zero-order chi connectivity index (χ0) is 44.8. The SMILES string of the molecule is Cc1nc(-c2ccc(C(C)(C)C)cc2)nc(C)c1C(=O)NCC(=O)N(C)[C@@H]1C(=O)N[C@@H](C)C(=O)N[C@H](C(=O)O)Cc2cc(OCCN)c(O)c(c2)-c2cc1ccc2OCCN. The summed E-state index contributed by atoms with van der Waals surface area (Å²) in [6, 6.07) is 11.4. The Morgan fingerprint density at radius 1 is 0.885 bits per heavy atom. The topological polar surface area (TPSA) is 261 Å². The third kappa shape index (κ3) is 10.6. The van der Waals surface area contributed by atoms with Crippen LogP contribution in [0.15, 0.2) is 54.6 Å². The summed E-state index contributed by atoms with van der Waals surface area (Å²) in [6.07, 6.45) is -0.223. The number of aromatic hydroxyl groups is 1. The number of carbonyl (C=O) groups excluding carboxylic acids is 4. The molecule has 9 N–H and O–H groups in total. The van der Waals surface area contributed by atoms with Crippen LogP contribution in [0.1, 0.15) is 72.2 Å². The van der Waals surface area contributed by atoms with Gasteiger partial charge in [-0.1, -0.05) is 51.1 Å². The average Bonchev–Trinajstić information content (AvgIpc) is 3.21. The van der Waals surface area contributed by atoms with Crippen molar-refractivity contribution >= 4 is 29.6 Å². The highest BCUT2D eigenvalue weighted by molar-refractivity contribution is 5.99. The van der Waals surface area contributed by atoms with E-state index in [-0.39, 0.29) is 77.6 Å². The van der Waals surface area contributed by atoms with Crippen LogP contribution in [0.5, 0.6) is 17.2 Å². The molecule has 0 fully saturated rings. The molecule has 61 heavy (non-hydrogen) atoms. The number of amides is 4. The third-order valence-electron chi connectivity index (χ3n) is 10.2. The number of fused-ring (bicyclic) bond motifs is 5. The van der Waals surface area contributed by atoms with Crippen LogP contribution in [0.2, 0.25) is 0 Å². The number of hydrogen-bond acceptors (Lipinski definition) is 12. The molecule has 0 radical (unpaired) electrons. The molecule has 4 aromatic rings. The largest absolute Gasteiger partial charge is 0.504 e. The highest BCUT2D eigenvalue weighted by Crippen LogP contribution is 2.44. The first-order chi connectivity index (χ1) is 28.8. The maximum absolute atomic E-state index is 14.2. The van der Waals surface area contributed by atoms with E-state index in [4.69, 9.17) is 20.9 Å². The standard InChI is InChI=1S/C44H54N8O9/c1-23-36(24(2)49-39(48-23)27-8-11-29(12-9-27)44(4,5)6)41(56)47-22-35(53)52(7)37-28-10-13-33(60-16-14-45)30(21-28)31-18-26(20-34(38(31)54)61-17-15-46)19-32(43(58)59)51-40(55)25(3)50-42(37)57/h8-13,18,20-21,25,32,37,54H,14-17,19,22,45-46H2,1-7H3,(H,47,56)(H,50,57)(H,51,55)(H,58,59)/t25-,32-,37-/m0/s1. The van der Waals surface area contributed by atoms with Crippen molar-refractivity contribution in [2.24, 2.45) is 11.5 Å². The van der Waals surface area contributed by atoms with Crippen molar-refractivity contribution < 1.29 is 43.7 Å². The Labute approximate surface area is 354 Å². The lowest BCUT2D eigenvalue weighted by Gasteiger charge is -2.30. The van der Waals surface area contributed by atoms with Gasteiger partial charge in [-0.3, -0.25) is 19.2 Å². The zero-order valence-corrected chi connectivity index (χ0v) is 35.4. The summed E-state index contributed by atoms with van der Waals surface area (Å²) in [4.78, 5) is 77.8. The van der Waals surface area contributed by atoms with Crippen molar-refractivity contribution in [3.63, 3.8) is 0 Å². The van der Waals surface area contributed by atoms with E-state index in [9.17, 15) is 34.2 Å². The molecular formula is C44H54N8O9. The number of likely N-dealkylation sites (N-methyl/N-ethyl adjacent to an activating group) is 1. The number of aromatic nitrogens is 2. The molecule has 4 amide bonds. The molecule has 17 nitrogen and oxygen atoms in total. The Balaban J connectivity index is 1.51. The van der Waals surface area contributed by atoms with Gasteiger partial charge >= 0.3 is 5.97 Å². The molecule has 1 aliphatic rings. The molecule has 5 rings (SSSR count). The summed E-state index contributed by atoms with van der Waals surface area (Å²) < 4.78 is 11.7. The molecule has 0 spiro atoms. The van der Waals surface area contributed by atoms with Crippen LogP contribution >= 0.6 is 0 Å². The second-order valence-corrected chi connectivity index (χ2v) is 15.9. The molecule has 17 heteroatoms. The van der Waals surface area contributed by atoms with Crippen molar-refractivity contribution in [1.82, 2.24) is 30.8 Å². The summed E-state index contributed by atoms with van der Waals surface area (Å²) in [6.45, 7) is 10.9. The molecule has 0 aliphatic carbocycles. The van der Waals surface area contributed by atoms with Crippen molar-refractivity contribution in [3.8, 4) is 39.8 Å². The molecule has 324 valence electrons. The maximum Gasteiger partial charge on any atom is 0.326 e. The quantitative estimate of drug-likeness (QED) is 0.108. The van der Waals surface area contributed by atoms with E-state index in [2.05, 4.69) is 46.7 Å². The minimum Gasteiger partial charge on any atom is -0.504 e. The monoisotopic (exact) mass is 838 g/mol. The summed E-state index contributed by atoms with van der Waals surface area (Å²) in [5, 5.41) is 29.4. The molecule has 3 atom stereocenters. The number of hydrogen-bond donors (Lipinski definition) is 7. The lowest BCUT2D eigenvalue weighted by Crippen LogP contribution is -2.53. The Bertz CT molecular complexity index is 2290. The van der Waals surface area contributed by atoms with E-state index < -0.39 is 54.3 Å². The first kappa shape index (κ1) is 45.5. The fourth-order valence-electron chi connectivity index (χ4n) is 6.94. The number of nitrogens with one attached hydrogen (secondary N) is 3. The van der Waals surface area contributed by atoms with Crippen LogP contribution in [0.25, 0.3) is 22.5 Å². The number of phenols is 1. The Hall–Kier alpha value is -6.59. The number of benzene rings is 3. The molecule has 3 aromatic carbocycles. The van der Waals surface area contributed by atoms with E-state index in [0.717, 1.165) is 16.0 Å². The van der Waals surface area contributed by atoms with Crippen LogP contribution < -0.4 is 36.9 Å². The number of aryl methyl sites for hydroxylation is 2. The smallest absolute Gasteiger partial charge is 0.326 e. The lowest BCUT2D eigenvalue weighted by atomic mass is 9.86. The first-order valence-electron chi connectivity index (χ1n) is 19.8. The number of carbonyl (C=O) groups is 5. The molecule has 1 aliphatic heterocycles. The normalized spacial score (nSPS) is 16.7. The predicted octanol–water partition coefficient (Wildman–Crippen LogP) is 2.67. The Kier molecular flexibility index (Phi) is 14.3. The van der Waals surface area contributed by atoms with E-state index >= 15 is 0 Å². The van der Waals surface area contributed by atoms with Crippen LogP contribution in [0.4, 0.5) is 0 Å². The van der Waals surface area contributed by atoms with Gasteiger partial charge in [0.1, 0.15) is 37.1 Å². The molecule has 4 bridgehead atoms. The molecule has 2 heterocycles. The number of ether oxygens (including phenoxy) is 2. The van der Waals surface area contributed by atoms with Crippen LogP contribution in [0.3, 0.4) is 0 Å². The van der Waals surface area contributed by atoms with Gasteiger partial charge in [-0.05, 0) is 67.1 Å². The Morgan fingerprint density at radius 2 is 1.51 bits per heavy atom. The van der Waals surface area contributed by atoms with Crippen LogP contribution in [0, 0.1) is 13.8 Å². The van der Waals surface area contributed by atoms with Gasteiger partial charge in [0.25, 0.3) is 5.91 Å². The van der Waals surface area contributed by atoms with Gasteiger partial charge in [0.05, 0.1) is 23.5 Å². The van der Waals surface area contributed by atoms with Crippen molar-refractivity contribution in [2.75, 3.05) is 39.9 Å². The summed E-state index contributed by atoms with van der Waals surface area (Å²) in [5.74, 6) is -3.90. The summed E-state index contributed by atoms with van der Waals surface area (Å²) in [5.41, 5.74) is 15.3. The number of carboxylic acid groups (broad SMARTS) is 1. The highest BCUT2D eigenvalue weighted by atomic mass is 16.5. The van der Waals surface area contributed by atoms with E-state index in [1.807, 2.05) is 24.3 Å². The number of nitrogens with two attached hydrogens (primary N) is 2. The Morgan fingerprint density at radius 3 is 2.10 bits per heavy atom. The second-order valence-electron chi connectivity index (χ2n) is 15.9. The molecule has 0 saturated carbocycles. The maximum atomic E-state index is 14.2. The van der Waals surface area contributed by atoms with E-state index in [1.165, 1.54) is 32.2 Å². The predicted molar refractivity (Wildman–Crippen MR) is 227 cm³/mol. The van der Waals surface area contributed by atoms with Crippen molar-refractivity contribution in [3.05, 3.63) is 88.2 Å². The fourth-order valence-corrected chi connectivity index (χ4v) is 6.94. The van der Waals surface area contributed by atoms with Crippen molar-refractivity contribution in [2.45, 2.75) is 71.5 Å².